The Morgan fingerprint density at radius 2 is 2.00 bits per heavy atom. The SMILES string of the molecule is CC(NC1CCCC1)(C(=O)O)c1cc(Cl)ccc1Cl. The third kappa shape index (κ3) is 3.04. The molecule has 1 saturated carbocycles. The highest BCUT2D eigenvalue weighted by atomic mass is 35.5. The first-order chi connectivity index (χ1) is 8.93. The van der Waals surface area contributed by atoms with E-state index in [4.69, 9.17) is 23.2 Å². The van der Waals surface area contributed by atoms with Gasteiger partial charge in [-0.2, -0.15) is 0 Å². The summed E-state index contributed by atoms with van der Waals surface area (Å²) in [4.78, 5) is 11.7. The number of hydrogen-bond acceptors (Lipinski definition) is 2. The summed E-state index contributed by atoms with van der Waals surface area (Å²) in [7, 11) is 0. The van der Waals surface area contributed by atoms with Gasteiger partial charge in [0.25, 0.3) is 0 Å². The van der Waals surface area contributed by atoms with Crippen LogP contribution in [-0.2, 0) is 10.3 Å². The van der Waals surface area contributed by atoms with Crippen LogP contribution in [0.15, 0.2) is 18.2 Å². The van der Waals surface area contributed by atoms with Crippen molar-refractivity contribution in [3.05, 3.63) is 33.8 Å². The minimum atomic E-state index is -1.21. The van der Waals surface area contributed by atoms with Crippen LogP contribution < -0.4 is 5.32 Å². The van der Waals surface area contributed by atoms with Crippen LogP contribution in [0, 0.1) is 0 Å². The molecule has 5 heteroatoms. The summed E-state index contributed by atoms with van der Waals surface area (Å²) < 4.78 is 0. The average Bonchev–Trinajstić information content (AvgIpc) is 2.84. The molecule has 1 fully saturated rings. The number of benzene rings is 1. The van der Waals surface area contributed by atoms with Crippen molar-refractivity contribution in [2.75, 3.05) is 0 Å². The lowest BCUT2D eigenvalue weighted by molar-refractivity contribution is -0.145. The normalized spacial score (nSPS) is 19.3. The molecule has 0 heterocycles. The first-order valence-electron chi connectivity index (χ1n) is 6.40. The van der Waals surface area contributed by atoms with E-state index in [0.717, 1.165) is 25.7 Å². The summed E-state index contributed by atoms with van der Waals surface area (Å²) in [5.41, 5.74) is -0.696. The predicted molar refractivity (Wildman–Crippen MR) is 76.8 cm³/mol. The van der Waals surface area contributed by atoms with Crippen LogP contribution in [0.1, 0.15) is 38.2 Å². The van der Waals surface area contributed by atoms with Crippen molar-refractivity contribution in [1.29, 1.82) is 0 Å². The molecular weight excluding hydrogens is 285 g/mol. The molecular formula is C14H17Cl2NO2. The Balaban J connectivity index is 2.37. The maximum Gasteiger partial charge on any atom is 0.328 e. The van der Waals surface area contributed by atoms with Gasteiger partial charge in [0, 0.05) is 21.7 Å². The van der Waals surface area contributed by atoms with Gasteiger partial charge in [0.1, 0.15) is 5.54 Å². The quantitative estimate of drug-likeness (QED) is 0.889. The van der Waals surface area contributed by atoms with Gasteiger partial charge < -0.3 is 5.11 Å². The van der Waals surface area contributed by atoms with Gasteiger partial charge in [-0.1, -0.05) is 36.0 Å². The zero-order valence-electron chi connectivity index (χ0n) is 10.7. The molecule has 1 aromatic rings. The Kier molecular flexibility index (Phi) is 4.39. The number of hydrogen-bond donors (Lipinski definition) is 2. The van der Waals surface area contributed by atoms with Crippen LogP contribution in [0.4, 0.5) is 0 Å². The molecule has 0 saturated heterocycles. The summed E-state index contributed by atoms with van der Waals surface area (Å²) in [5, 5.41) is 13.7. The molecule has 1 unspecified atom stereocenters. The van der Waals surface area contributed by atoms with Crippen molar-refractivity contribution in [2.24, 2.45) is 0 Å². The number of nitrogens with one attached hydrogen (secondary N) is 1. The van der Waals surface area contributed by atoms with Crippen molar-refractivity contribution >= 4 is 29.2 Å². The molecule has 0 aromatic heterocycles. The molecule has 19 heavy (non-hydrogen) atoms. The molecule has 1 aliphatic carbocycles. The lowest BCUT2D eigenvalue weighted by Crippen LogP contribution is -2.50. The molecule has 0 bridgehead atoms. The van der Waals surface area contributed by atoms with Gasteiger partial charge in [-0.25, -0.2) is 4.79 Å². The van der Waals surface area contributed by atoms with Crippen LogP contribution >= 0.6 is 23.2 Å². The lowest BCUT2D eigenvalue weighted by atomic mass is 9.90. The van der Waals surface area contributed by atoms with E-state index < -0.39 is 11.5 Å². The standard InChI is InChI=1S/C14H17Cl2NO2/c1-14(13(18)19,17-10-4-2-3-5-10)11-8-9(15)6-7-12(11)16/h6-8,10,17H,2-5H2,1H3,(H,18,19). The van der Waals surface area contributed by atoms with Gasteiger partial charge in [-0.05, 0) is 38.0 Å². The number of carboxylic acids is 1. The molecule has 104 valence electrons. The number of halogens is 2. The van der Waals surface area contributed by atoms with Crippen LogP contribution in [0.2, 0.25) is 10.0 Å². The molecule has 3 nitrogen and oxygen atoms in total. The van der Waals surface area contributed by atoms with Gasteiger partial charge >= 0.3 is 5.97 Å². The molecule has 1 aliphatic rings. The first kappa shape index (κ1) is 14.6. The largest absolute Gasteiger partial charge is 0.480 e. The van der Waals surface area contributed by atoms with Crippen LogP contribution in [0.25, 0.3) is 0 Å². The highest BCUT2D eigenvalue weighted by Crippen LogP contribution is 2.33. The zero-order chi connectivity index (χ0) is 14.0. The third-order valence-corrected chi connectivity index (χ3v) is 4.31. The highest BCUT2D eigenvalue weighted by Gasteiger charge is 2.39. The van der Waals surface area contributed by atoms with Crippen LogP contribution in [0.3, 0.4) is 0 Å². The fourth-order valence-corrected chi connectivity index (χ4v) is 3.09. The van der Waals surface area contributed by atoms with Gasteiger partial charge in [0.15, 0.2) is 0 Å². The number of rotatable bonds is 4. The number of aliphatic carboxylic acids is 1. The molecule has 0 aliphatic heterocycles. The highest BCUT2D eigenvalue weighted by molar-refractivity contribution is 6.33. The fourth-order valence-electron chi connectivity index (χ4n) is 2.61. The molecule has 2 rings (SSSR count). The summed E-state index contributed by atoms with van der Waals surface area (Å²) in [6.07, 6.45) is 4.27. The van der Waals surface area contributed by atoms with E-state index in [1.54, 1.807) is 25.1 Å². The number of carbonyl (C=O) groups is 1. The van der Waals surface area contributed by atoms with Crippen molar-refractivity contribution in [3.63, 3.8) is 0 Å². The maximum atomic E-state index is 11.7. The van der Waals surface area contributed by atoms with Crippen molar-refractivity contribution in [2.45, 2.75) is 44.2 Å². The van der Waals surface area contributed by atoms with Crippen molar-refractivity contribution in [3.8, 4) is 0 Å². The second-order valence-electron chi connectivity index (χ2n) is 5.18. The van der Waals surface area contributed by atoms with Crippen molar-refractivity contribution < 1.29 is 9.90 Å². The van der Waals surface area contributed by atoms with E-state index in [2.05, 4.69) is 5.32 Å². The molecule has 0 amide bonds. The van der Waals surface area contributed by atoms with Crippen LogP contribution in [0.5, 0.6) is 0 Å². The maximum absolute atomic E-state index is 11.7. The topological polar surface area (TPSA) is 49.3 Å². The van der Waals surface area contributed by atoms with Gasteiger partial charge in [0.2, 0.25) is 0 Å². The Morgan fingerprint density at radius 3 is 2.58 bits per heavy atom. The van der Waals surface area contributed by atoms with E-state index >= 15 is 0 Å². The molecule has 2 N–H and O–H groups in total. The van der Waals surface area contributed by atoms with E-state index in [0.29, 0.717) is 15.6 Å². The van der Waals surface area contributed by atoms with Gasteiger partial charge in [-0.15, -0.1) is 0 Å². The Morgan fingerprint density at radius 1 is 1.37 bits per heavy atom. The van der Waals surface area contributed by atoms with E-state index in [1.807, 2.05) is 0 Å². The Labute approximate surface area is 122 Å². The average molecular weight is 302 g/mol. The summed E-state index contributed by atoms with van der Waals surface area (Å²) in [6, 6.07) is 5.14. The smallest absolute Gasteiger partial charge is 0.328 e. The lowest BCUT2D eigenvalue weighted by Gasteiger charge is -2.31. The van der Waals surface area contributed by atoms with Crippen molar-refractivity contribution in [1.82, 2.24) is 5.32 Å². The summed E-state index contributed by atoms with van der Waals surface area (Å²) >= 11 is 12.1. The second kappa shape index (κ2) is 5.70. The molecule has 1 atom stereocenters. The zero-order valence-corrected chi connectivity index (χ0v) is 12.3. The third-order valence-electron chi connectivity index (χ3n) is 3.74. The molecule has 0 radical (unpaired) electrons. The van der Waals surface area contributed by atoms with E-state index in [1.165, 1.54) is 0 Å². The Bertz CT molecular complexity index is 486. The molecule has 0 spiro atoms. The van der Waals surface area contributed by atoms with Gasteiger partial charge in [0.05, 0.1) is 0 Å². The van der Waals surface area contributed by atoms with Crippen LogP contribution in [-0.4, -0.2) is 17.1 Å². The van der Waals surface area contributed by atoms with E-state index in [9.17, 15) is 9.90 Å². The minimum absolute atomic E-state index is 0.219. The van der Waals surface area contributed by atoms with Gasteiger partial charge in [-0.3, -0.25) is 5.32 Å². The number of carboxylic acid groups (broad SMARTS) is 1. The van der Waals surface area contributed by atoms with E-state index in [-0.39, 0.29) is 6.04 Å². The predicted octanol–water partition coefficient (Wildman–Crippen LogP) is 3.83. The Hall–Kier alpha value is -0.770. The fraction of sp³-hybridized carbons (Fsp3) is 0.500. The summed E-state index contributed by atoms with van der Waals surface area (Å²) in [5.74, 6) is -0.941. The minimum Gasteiger partial charge on any atom is -0.480 e. The summed E-state index contributed by atoms with van der Waals surface area (Å²) in [6.45, 7) is 1.64. The molecule has 1 aromatic carbocycles. The monoisotopic (exact) mass is 301 g/mol. The second-order valence-corrected chi connectivity index (χ2v) is 6.02. The first-order valence-corrected chi connectivity index (χ1v) is 7.15.